The van der Waals surface area contributed by atoms with Crippen LogP contribution in [-0.2, 0) is 6.54 Å². The minimum atomic E-state index is 0.334. The first-order valence-corrected chi connectivity index (χ1v) is 8.39. The molecule has 4 rings (SSSR count). The van der Waals surface area contributed by atoms with E-state index < -0.39 is 0 Å². The number of pyridine rings is 1. The number of aryl methyl sites for hydroxylation is 2. The van der Waals surface area contributed by atoms with Crippen LogP contribution in [0.4, 0.5) is 5.82 Å². The first kappa shape index (κ1) is 14.9. The molecular formula is C17H21N7. The highest BCUT2D eigenvalue weighted by Gasteiger charge is 2.17. The van der Waals surface area contributed by atoms with Crippen LogP contribution in [0.3, 0.4) is 0 Å². The molecule has 0 aromatic carbocycles. The summed E-state index contributed by atoms with van der Waals surface area (Å²) in [5.74, 6) is 0.852. The second kappa shape index (κ2) is 5.43. The van der Waals surface area contributed by atoms with Crippen LogP contribution in [-0.4, -0.2) is 35.4 Å². The van der Waals surface area contributed by atoms with E-state index in [1.54, 1.807) is 0 Å². The molecule has 0 aliphatic rings. The Morgan fingerprint density at radius 3 is 2.79 bits per heavy atom. The van der Waals surface area contributed by atoms with Gasteiger partial charge in [0.1, 0.15) is 5.82 Å². The fraction of sp³-hybridized carbons (Fsp3) is 0.412. The Hall–Kier alpha value is -2.70. The van der Waals surface area contributed by atoms with Crippen LogP contribution in [0.15, 0.2) is 18.5 Å². The molecule has 4 heterocycles. The van der Waals surface area contributed by atoms with Crippen molar-refractivity contribution < 1.29 is 0 Å². The van der Waals surface area contributed by atoms with Gasteiger partial charge in [-0.05, 0) is 27.2 Å². The summed E-state index contributed by atoms with van der Waals surface area (Å²) in [6.45, 7) is 9.14. The molecule has 1 N–H and O–H groups in total. The predicted octanol–water partition coefficient (Wildman–Crippen LogP) is 3.17. The van der Waals surface area contributed by atoms with Crippen LogP contribution in [0.5, 0.6) is 0 Å². The Labute approximate surface area is 139 Å². The van der Waals surface area contributed by atoms with Gasteiger partial charge in [-0.25, -0.2) is 19.2 Å². The summed E-state index contributed by atoms with van der Waals surface area (Å²) >= 11 is 0. The summed E-state index contributed by atoms with van der Waals surface area (Å²) in [7, 11) is 0. The van der Waals surface area contributed by atoms with E-state index in [1.807, 2.05) is 34.6 Å². The van der Waals surface area contributed by atoms with Crippen LogP contribution in [0, 0.1) is 6.92 Å². The van der Waals surface area contributed by atoms with Gasteiger partial charge < -0.3 is 5.32 Å². The van der Waals surface area contributed by atoms with Gasteiger partial charge in [0.05, 0.1) is 28.2 Å². The van der Waals surface area contributed by atoms with Crippen molar-refractivity contribution in [2.75, 3.05) is 5.32 Å². The molecule has 7 heteroatoms. The van der Waals surface area contributed by atoms with Crippen molar-refractivity contribution in [3.8, 4) is 0 Å². The molecule has 4 aromatic rings. The maximum absolute atomic E-state index is 4.77. The number of nitrogens with one attached hydrogen (secondary N) is 1. The van der Waals surface area contributed by atoms with E-state index in [9.17, 15) is 0 Å². The zero-order valence-corrected chi connectivity index (χ0v) is 14.4. The molecule has 24 heavy (non-hydrogen) atoms. The monoisotopic (exact) mass is 323 g/mol. The zero-order chi connectivity index (χ0) is 16.8. The number of aromatic nitrogens is 6. The van der Waals surface area contributed by atoms with Gasteiger partial charge in [0, 0.05) is 24.8 Å². The van der Waals surface area contributed by atoms with E-state index in [0.29, 0.717) is 6.04 Å². The third-order valence-corrected chi connectivity index (χ3v) is 4.44. The number of hydrogen-bond donors (Lipinski definition) is 1. The number of anilines is 1. The van der Waals surface area contributed by atoms with Gasteiger partial charge >= 0.3 is 0 Å². The van der Waals surface area contributed by atoms with Crippen molar-refractivity contribution in [3.05, 3.63) is 24.2 Å². The summed E-state index contributed by atoms with van der Waals surface area (Å²) < 4.78 is 3.80. The summed E-state index contributed by atoms with van der Waals surface area (Å²) in [6, 6.07) is 2.33. The van der Waals surface area contributed by atoms with Crippen molar-refractivity contribution in [2.45, 2.75) is 46.7 Å². The molecule has 0 saturated carbocycles. The second-order valence-electron chi connectivity index (χ2n) is 6.19. The average molecular weight is 323 g/mol. The predicted molar refractivity (Wildman–Crippen MR) is 95.4 cm³/mol. The van der Waals surface area contributed by atoms with E-state index in [4.69, 9.17) is 4.98 Å². The van der Waals surface area contributed by atoms with E-state index >= 15 is 0 Å². The van der Waals surface area contributed by atoms with Crippen LogP contribution < -0.4 is 5.32 Å². The number of fused-ring (bicyclic) bond motifs is 5. The molecule has 7 nitrogen and oxygen atoms in total. The van der Waals surface area contributed by atoms with Crippen molar-refractivity contribution in [1.82, 2.24) is 29.4 Å². The lowest BCUT2D eigenvalue weighted by molar-refractivity contribution is 0.677. The van der Waals surface area contributed by atoms with Crippen LogP contribution in [0.2, 0.25) is 0 Å². The Morgan fingerprint density at radius 1 is 1.21 bits per heavy atom. The summed E-state index contributed by atoms with van der Waals surface area (Å²) in [4.78, 5) is 9.39. The van der Waals surface area contributed by atoms with Crippen LogP contribution in [0.1, 0.15) is 32.9 Å². The largest absolute Gasteiger partial charge is 0.367 e. The van der Waals surface area contributed by atoms with E-state index in [-0.39, 0.29) is 0 Å². The highest BCUT2D eigenvalue weighted by Crippen LogP contribution is 2.29. The fourth-order valence-corrected chi connectivity index (χ4v) is 3.00. The first-order chi connectivity index (χ1) is 11.6. The second-order valence-corrected chi connectivity index (χ2v) is 6.19. The molecule has 0 aliphatic heterocycles. The Balaban J connectivity index is 2.12. The van der Waals surface area contributed by atoms with E-state index in [2.05, 4.69) is 41.3 Å². The maximum Gasteiger partial charge on any atom is 0.159 e. The van der Waals surface area contributed by atoms with Crippen molar-refractivity contribution in [2.24, 2.45) is 0 Å². The molecule has 4 aromatic heterocycles. The molecule has 0 fully saturated rings. The Bertz CT molecular complexity index is 1040. The van der Waals surface area contributed by atoms with Crippen molar-refractivity contribution in [1.29, 1.82) is 0 Å². The molecule has 0 amide bonds. The van der Waals surface area contributed by atoms with E-state index in [0.717, 1.165) is 52.1 Å². The van der Waals surface area contributed by atoms with Crippen LogP contribution in [0.25, 0.3) is 27.6 Å². The minimum absolute atomic E-state index is 0.334. The molecule has 0 aliphatic carbocycles. The molecule has 1 atom stereocenters. The minimum Gasteiger partial charge on any atom is -0.367 e. The maximum atomic E-state index is 4.77. The SMILES string of the molecule is CCC(C)Nc1nc2cc(C)nn2c2c1cnc1c2cnn1CC. The first-order valence-electron chi connectivity index (χ1n) is 8.39. The third-order valence-electron chi connectivity index (χ3n) is 4.44. The number of rotatable bonds is 4. The lowest BCUT2D eigenvalue weighted by atomic mass is 10.2. The standard InChI is InChI=1S/C17H21N7/c1-5-10(3)20-16-12-8-18-17-13(9-19-23(17)6-2)15(12)24-14(21-16)7-11(4)22-24/h7-10H,5-6H2,1-4H3,(H,20,21). The quantitative estimate of drug-likeness (QED) is 0.624. The molecule has 1 unspecified atom stereocenters. The van der Waals surface area contributed by atoms with Gasteiger partial charge in [-0.1, -0.05) is 6.92 Å². The molecule has 124 valence electrons. The summed E-state index contributed by atoms with van der Waals surface area (Å²) in [6.07, 6.45) is 4.77. The van der Waals surface area contributed by atoms with Gasteiger partial charge in [0.25, 0.3) is 0 Å². The fourth-order valence-electron chi connectivity index (χ4n) is 3.00. The molecule has 0 radical (unpaired) electrons. The smallest absolute Gasteiger partial charge is 0.159 e. The summed E-state index contributed by atoms with van der Waals surface area (Å²) in [5.41, 5.74) is 3.66. The van der Waals surface area contributed by atoms with Gasteiger partial charge in [-0.3, -0.25) is 0 Å². The zero-order valence-electron chi connectivity index (χ0n) is 14.4. The normalized spacial score (nSPS) is 13.2. The van der Waals surface area contributed by atoms with E-state index in [1.165, 1.54) is 0 Å². The Morgan fingerprint density at radius 2 is 2.04 bits per heavy atom. The summed E-state index contributed by atoms with van der Waals surface area (Å²) in [5, 5.41) is 14.6. The van der Waals surface area contributed by atoms with Gasteiger partial charge in [0.2, 0.25) is 0 Å². The number of hydrogen-bond acceptors (Lipinski definition) is 5. The average Bonchev–Trinajstić information content (AvgIpc) is 3.16. The topological polar surface area (TPSA) is 72.9 Å². The lowest BCUT2D eigenvalue weighted by Gasteiger charge is -2.15. The van der Waals surface area contributed by atoms with Gasteiger partial charge in [0.15, 0.2) is 11.3 Å². The van der Waals surface area contributed by atoms with Crippen molar-refractivity contribution in [3.63, 3.8) is 0 Å². The molecular weight excluding hydrogens is 302 g/mol. The highest BCUT2D eigenvalue weighted by atomic mass is 15.3. The number of nitrogens with zero attached hydrogens (tertiary/aromatic N) is 6. The van der Waals surface area contributed by atoms with Crippen molar-refractivity contribution >= 4 is 33.4 Å². The molecule has 0 bridgehead atoms. The third kappa shape index (κ3) is 2.11. The van der Waals surface area contributed by atoms with Gasteiger partial charge in [-0.15, -0.1) is 0 Å². The molecule has 0 spiro atoms. The molecule has 0 saturated heterocycles. The van der Waals surface area contributed by atoms with Crippen LogP contribution >= 0.6 is 0 Å². The Kier molecular flexibility index (Phi) is 3.37. The van der Waals surface area contributed by atoms with Gasteiger partial charge in [-0.2, -0.15) is 10.2 Å². The highest BCUT2D eigenvalue weighted by molar-refractivity contribution is 6.06. The lowest BCUT2D eigenvalue weighted by Crippen LogP contribution is -2.15.